The van der Waals surface area contributed by atoms with Crippen LogP contribution in [-0.4, -0.2) is 43.3 Å². The highest BCUT2D eigenvalue weighted by Crippen LogP contribution is 2.21. The number of nitrogens with two attached hydrogens (primary N) is 1. The first-order chi connectivity index (χ1) is 6.29. The molecule has 2 heterocycles. The highest BCUT2D eigenvalue weighted by Gasteiger charge is 2.29. The molecular formula is C10H20N2O. The Hall–Kier alpha value is -0.120. The third-order valence-corrected chi connectivity index (χ3v) is 3.23. The fourth-order valence-corrected chi connectivity index (χ4v) is 2.06. The second kappa shape index (κ2) is 3.95. The van der Waals surface area contributed by atoms with E-state index in [1.54, 1.807) is 0 Å². The van der Waals surface area contributed by atoms with Crippen molar-refractivity contribution in [1.82, 2.24) is 4.90 Å². The second-order valence-electron chi connectivity index (χ2n) is 4.46. The lowest BCUT2D eigenvalue weighted by Gasteiger charge is -2.37. The quantitative estimate of drug-likeness (QED) is 0.697. The Morgan fingerprint density at radius 2 is 2.15 bits per heavy atom. The van der Waals surface area contributed by atoms with Gasteiger partial charge in [0.25, 0.3) is 0 Å². The van der Waals surface area contributed by atoms with Crippen molar-refractivity contribution in [3.8, 4) is 0 Å². The Morgan fingerprint density at radius 3 is 2.69 bits per heavy atom. The summed E-state index contributed by atoms with van der Waals surface area (Å²) in [7, 11) is 0. The first kappa shape index (κ1) is 9.44. The Labute approximate surface area is 80.2 Å². The van der Waals surface area contributed by atoms with E-state index in [2.05, 4.69) is 4.90 Å². The topological polar surface area (TPSA) is 38.5 Å². The molecule has 3 heteroatoms. The van der Waals surface area contributed by atoms with E-state index < -0.39 is 0 Å². The lowest BCUT2D eigenvalue weighted by Crippen LogP contribution is -2.50. The maximum atomic E-state index is 6.23. The third-order valence-electron chi connectivity index (χ3n) is 3.23. The first-order valence-corrected chi connectivity index (χ1v) is 5.38. The van der Waals surface area contributed by atoms with Gasteiger partial charge in [-0.05, 0) is 45.3 Å². The fourth-order valence-electron chi connectivity index (χ4n) is 2.06. The van der Waals surface area contributed by atoms with Crippen LogP contribution in [0.25, 0.3) is 0 Å². The van der Waals surface area contributed by atoms with Gasteiger partial charge >= 0.3 is 0 Å². The number of ether oxygens (including phenoxy) is 1. The summed E-state index contributed by atoms with van der Waals surface area (Å²) in [5.41, 5.74) is 6.21. The van der Waals surface area contributed by atoms with Gasteiger partial charge in [0.05, 0.1) is 6.61 Å². The molecule has 1 unspecified atom stereocenters. The average molecular weight is 184 g/mol. The minimum Gasteiger partial charge on any atom is -0.380 e. The summed E-state index contributed by atoms with van der Waals surface area (Å²) < 4.78 is 5.43. The van der Waals surface area contributed by atoms with E-state index in [9.17, 15) is 0 Å². The van der Waals surface area contributed by atoms with Crippen molar-refractivity contribution in [2.24, 2.45) is 5.73 Å². The van der Waals surface area contributed by atoms with Gasteiger partial charge < -0.3 is 15.4 Å². The van der Waals surface area contributed by atoms with Crippen molar-refractivity contribution in [1.29, 1.82) is 0 Å². The zero-order chi connectivity index (χ0) is 9.15. The highest BCUT2D eigenvalue weighted by molar-refractivity contribution is 4.88. The van der Waals surface area contributed by atoms with Crippen molar-refractivity contribution < 1.29 is 4.74 Å². The molecule has 0 amide bonds. The van der Waals surface area contributed by atoms with Crippen molar-refractivity contribution in [2.75, 3.05) is 32.8 Å². The van der Waals surface area contributed by atoms with Gasteiger partial charge in [-0.1, -0.05) is 0 Å². The predicted molar refractivity (Wildman–Crippen MR) is 52.6 cm³/mol. The normalized spacial score (nSPS) is 35.8. The van der Waals surface area contributed by atoms with Gasteiger partial charge in [0.2, 0.25) is 0 Å². The largest absolute Gasteiger partial charge is 0.380 e. The molecule has 1 atom stereocenters. The molecule has 2 aliphatic rings. The first-order valence-electron chi connectivity index (χ1n) is 5.38. The van der Waals surface area contributed by atoms with Crippen LogP contribution in [0.3, 0.4) is 0 Å². The lowest BCUT2D eigenvalue weighted by atomic mass is 9.89. The smallest absolute Gasteiger partial charge is 0.0646 e. The summed E-state index contributed by atoms with van der Waals surface area (Å²) in [6, 6.07) is 0. The van der Waals surface area contributed by atoms with E-state index in [0.29, 0.717) is 0 Å². The van der Waals surface area contributed by atoms with Gasteiger partial charge in [-0.3, -0.25) is 0 Å². The predicted octanol–water partition coefficient (Wildman–Crippen LogP) is 0.590. The van der Waals surface area contributed by atoms with Gasteiger partial charge in [-0.15, -0.1) is 0 Å². The summed E-state index contributed by atoms with van der Waals surface area (Å²) in [5.74, 6) is 0. The maximum absolute atomic E-state index is 6.23. The van der Waals surface area contributed by atoms with E-state index >= 15 is 0 Å². The minimum atomic E-state index is -0.0200. The maximum Gasteiger partial charge on any atom is 0.0646 e. The average Bonchev–Trinajstić information content (AvgIpc) is 2.02. The number of hydrogen-bond acceptors (Lipinski definition) is 3. The molecule has 0 spiro atoms. The molecule has 0 aromatic heterocycles. The Balaban J connectivity index is 1.71. The standard InChI is InChI=1S/C10H20N2O/c11-10(3-1-8-13-9-10)4-7-12-5-2-6-12/h1-9,11H2. The van der Waals surface area contributed by atoms with Crippen molar-refractivity contribution in [3.05, 3.63) is 0 Å². The van der Waals surface area contributed by atoms with Gasteiger partial charge in [0.15, 0.2) is 0 Å². The molecule has 2 rings (SSSR count). The van der Waals surface area contributed by atoms with Crippen LogP contribution in [0.1, 0.15) is 25.7 Å². The fraction of sp³-hybridized carbons (Fsp3) is 1.00. The molecule has 3 nitrogen and oxygen atoms in total. The monoisotopic (exact) mass is 184 g/mol. The number of nitrogens with zero attached hydrogens (tertiary/aromatic N) is 1. The number of rotatable bonds is 3. The SMILES string of the molecule is NC1(CCN2CCC2)CCCOC1. The molecular weight excluding hydrogens is 164 g/mol. The Kier molecular flexibility index (Phi) is 2.86. The van der Waals surface area contributed by atoms with Crippen molar-refractivity contribution in [3.63, 3.8) is 0 Å². The van der Waals surface area contributed by atoms with Gasteiger partial charge in [-0.25, -0.2) is 0 Å². The number of likely N-dealkylation sites (tertiary alicyclic amines) is 1. The molecule has 76 valence electrons. The van der Waals surface area contributed by atoms with Crippen molar-refractivity contribution in [2.45, 2.75) is 31.2 Å². The highest BCUT2D eigenvalue weighted by atomic mass is 16.5. The number of hydrogen-bond donors (Lipinski definition) is 1. The summed E-state index contributed by atoms with van der Waals surface area (Å²) in [6.07, 6.45) is 4.75. The Morgan fingerprint density at radius 1 is 1.31 bits per heavy atom. The van der Waals surface area contributed by atoms with Crippen LogP contribution in [0.5, 0.6) is 0 Å². The van der Waals surface area contributed by atoms with Crippen LogP contribution < -0.4 is 5.73 Å². The van der Waals surface area contributed by atoms with Crippen LogP contribution in [-0.2, 0) is 4.74 Å². The Bertz CT molecular complexity index is 162. The van der Waals surface area contributed by atoms with Crippen LogP contribution in [0, 0.1) is 0 Å². The second-order valence-corrected chi connectivity index (χ2v) is 4.46. The molecule has 0 radical (unpaired) electrons. The molecule has 13 heavy (non-hydrogen) atoms. The van der Waals surface area contributed by atoms with E-state index in [1.165, 1.54) is 26.1 Å². The van der Waals surface area contributed by atoms with Gasteiger partial charge in [0, 0.05) is 12.1 Å². The van der Waals surface area contributed by atoms with Crippen LogP contribution in [0.4, 0.5) is 0 Å². The molecule has 2 aliphatic heterocycles. The van der Waals surface area contributed by atoms with Crippen LogP contribution >= 0.6 is 0 Å². The zero-order valence-electron chi connectivity index (χ0n) is 8.30. The molecule has 2 N–H and O–H groups in total. The van der Waals surface area contributed by atoms with Crippen LogP contribution in [0.2, 0.25) is 0 Å². The lowest BCUT2D eigenvalue weighted by molar-refractivity contribution is 0.0265. The minimum absolute atomic E-state index is 0.0200. The zero-order valence-corrected chi connectivity index (χ0v) is 8.30. The van der Waals surface area contributed by atoms with E-state index in [0.717, 1.165) is 32.5 Å². The summed E-state index contributed by atoms with van der Waals surface area (Å²) in [6.45, 7) is 5.39. The van der Waals surface area contributed by atoms with E-state index in [-0.39, 0.29) is 5.54 Å². The van der Waals surface area contributed by atoms with Crippen LogP contribution in [0.15, 0.2) is 0 Å². The molecule has 2 fully saturated rings. The summed E-state index contributed by atoms with van der Waals surface area (Å²) >= 11 is 0. The van der Waals surface area contributed by atoms with Gasteiger partial charge in [0.1, 0.15) is 0 Å². The van der Waals surface area contributed by atoms with E-state index in [1.807, 2.05) is 0 Å². The van der Waals surface area contributed by atoms with Gasteiger partial charge in [-0.2, -0.15) is 0 Å². The molecule has 0 aromatic carbocycles. The molecule has 0 bridgehead atoms. The molecule has 0 aromatic rings. The molecule has 0 aliphatic carbocycles. The third kappa shape index (κ3) is 2.42. The molecule has 2 saturated heterocycles. The van der Waals surface area contributed by atoms with E-state index in [4.69, 9.17) is 10.5 Å². The van der Waals surface area contributed by atoms with Crippen molar-refractivity contribution >= 4 is 0 Å². The summed E-state index contributed by atoms with van der Waals surface area (Å²) in [5, 5.41) is 0. The molecule has 0 saturated carbocycles. The summed E-state index contributed by atoms with van der Waals surface area (Å²) in [4.78, 5) is 2.48.